The van der Waals surface area contributed by atoms with E-state index in [1.165, 1.54) is 0 Å². The molecule has 0 fully saturated rings. The van der Waals surface area contributed by atoms with E-state index in [0.717, 1.165) is 14.2 Å². The largest absolute Gasteiger partial charge is 0.399 e. The van der Waals surface area contributed by atoms with Crippen LogP contribution >= 0.6 is 0 Å². The monoisotopic (exact) mass is 149 g/mol. The van der Waals surface area contributed by atoms with Crippen molar-refractivity contribution in [2.24, 2.45) is 0 Å². The van der Waals surface area contributed by atoms with Gasteiger partial charge in [0, 0.05) is 29.6 Å². The number of hydrogen-bond acceptors (Lipinski definition) is 4. The molecule has 0 saturated carbocycles. The molecule has 0 aromatic rings. The van der Waals surface area contributed by atoms with Crippen LogP contribution in [0.15, 0.2) is 0 Å². The van der Waals surface area contributed by atoms with Crippen LogP contribution in [0.2, 0.25) is 0 Å². The van der Waals surface area contributed by atoms with Gasteiger partial charge in [0.1, 0.15) is 0 Å². The van der Waals surface area contributed by atoms with Crippen molar-refractivity contribution in [1.29, 1.82) is 0 Å². The van der Waals surface area contributed by atoms with Gasteiger partial charge in [-0.25, -0.2) is 0 Å². The fourth-order valence-corrected chi connectivity index (χ4v) is 0.204. The molecule has 0 saturated heterocycles. The molecular weight excluding hydrogens is 143 g/mol. The van der Waals surface area contributed by atoms with Crippen LogP contribution in [0.3, 0.4) is 0 Å². The minimum atomic E-state index is -3.66. The Morgan fingerprint density at radius 3 is 1.38 bits per heavy atom. The first-order chi connectivity index (χ1) is 3.12. The quantitative estimate of drug-likeness (QED) is 0.479. The zero-order valence-corrected chi connectivity index (χ0v) is 7.86. The van der Waals surface area contributed by atoms with Crippen LogP contribution in [0, 0.1) is 0 Å². The van der Waals surface area contributed by atoms with Crippen LogP contribution in [0.25, 0.3) is 0 Å². The van der Waals surface area contributed by atoms with Gasteiger partial charge in [0.25, 0.3) is 0 Å². The summed E-state index contributed by atoms with van der Waals surface area (Å²) < 4.78 is 27.5. The van der Waals surface area contributed by atoms with Crippen molar-refractivity contribution < 1.29 is 16.8 Å². The summed E-state index contributed by atoms with van der Waals surface area (Å²) in [6.07, 6.45) is 0. The molecule has 0 atom stereocenters. The Labute approximate surface area is 70.8 Å². The summed E-state index contributed by atoms with van der Waals surface area (Å²) >= 11 is 0. The van der Waals surface area contributed by atoms with E-state index in [1.54, 1.807) is 0 Å². The van der Waals surface area contributed by atoms with E-state index >= 15 is 0 Å². The molecule has 6 heteroatoms. The van der Waals surface area contributed by atoms with E-state index in [2.05, 4.69) is 8.37 Å². The van der Waals surface area contributed by atoms with Crippen molar-refractivity contribution in [3.05, 3.63) is 0 Å². The molecule has 0 heterocycles. The van der Waals surface area contributed by atoms with Crippen LogP contribution < -0.4 is 0 Å². The van der Waals surface area contributed by atoms with Gasteiger partial charge in [-0.15, -0.1) is 0 Å². The standard InChI is InChI=1S/C2H6O4S.Na/c1-5-7(3,4)6-2;/h1-2H3;. The van der Waals surface area contributed by atoms with Gasteiger partial charge in [0.15, 0.2) is 0 Å². The molecule has 0 aliphatic heterocycles. The molecule has 4 nitrogen and oxygen atoms in total. The van der Waals surface area contributed by atoms with Crippen molar-refractivity contribution in [1.82, 2.24) is 0 Å². The molecule has 0 N–H and O–H groups in total. The van der Waals surface area contributed by atoms with Crippen LogP contribution in [0.4, 0.5) is 0 Å². The molecule has 0 spiro atoms. The van der Waals surface area contributed by atoms with Gasteiger partial charge >= 0.3 is 10.4 Å². The van der Waals surface area contributed by atoms with Crippen molar-refractivity contribution in [3.63, 3.8) is 0 Å². The van der Waals surface area contributed by atoms with E-state index in [0.29, 0.717) is 0 Å². The van der Waals surface area contributed by atoms with Crippen molar-refractivity contribution in [2.45, 2.75) is 0 Å². The Morgan fingerprint density at radius 1 is 1.12 bits per heavy atom. The smallest absolute Gasteiger partial charge is 0.252 e. The molecule has 0 bridgehead atoms. The molecule has 0 aliphatic rings. The van der Waals surface area contributed by atoms with E-state index in [9.17, 15) is 8.42 Å². The molecule has 8 heavy (non-hydrogen) atoms. The van der Waals surface area contributed by atoms with Crippen LogP contribution in [0.5, 0.6) is 0 Å². The van der Waals surface area contributed by atoms with Gasteiger partial charge in [-0.05, 0) is 0 Å². The van der Waals surface area contributed by atoms with Gasteiger partial charge in [0.2, 0.25) is 0 Å². The van der Waals surface area contributed by atoms with Crippen LogP contribution in [-0.4, -0.2) is 52.2 Å². The number of hydrogen-bond donors (Lipinski definition) is 0. The number of rotatable bonds is 2. The Balaban J connectivity index is 0. The van der Waals surface area contributed by atoms with Gasteiger partial charge in [-0.1, -0.05) is 0 Å². The zero-order chi connectivity index (χ0) is 5.91. The van der Waals surface area contributed by atoms with E-state index < -0.39 is 10.4 Å². The summed E-state index contributed by atoms with van der Waals surface area (Å²) in [5.74, 6) is 0. The van der Waals surface area contributed by atoms with E-state index in [-0.39, 0.29) is 29.6 Å². The normalized spacial score (nSPS) is 10.2. The third kappa shape index (κ3) is 5.02. The molecule has 0 unspecified atom stereocenters. The third-order valence-corrected chi connectivity index (χ3v) is 1.22. The maximum atomic E-state index is 9.92. The summed E-state index contributed by atoms with van der Waals surface area (Å²) in [6.45, 7) is 0. The molecule has 0 amide bonds. The SMILES string of the molecule is COS(=O)(=O)OC.[Na]. The first kappa shape index (κ1) is 11.6. The van der Waals surface area contributed by atoms with Crippen molar-refractivity contribution >= 4 is 40.0 Å². The minimum Gasteiger partial charge on any atom is -0.252 e. The average molecular weight is 149 g/mol. The Hall–Kier alpha value is 0.870. The summed E-state index contributed by atoms with van der Waals surface area (Å²) in [5.41, 5.74) is 0. The predicted octanol–water partition coefficient (Wildman–Crippen LogP) is -0.857. The summed E-state index contributed by atoms with van der Waals surface area (Å²) in [6, 6.07) is 0. The van der Waals surface area contributed by atoms with Gasteiger partial charge in [-0.2, -0.15) is 8.42 Å². The summed E-state index contributed by atoms with van der Waals surface area (Å²) in [4.78, 5) is 0. The molecule has 0 aromatic heterocycles. The Kier molecular flexibility index (Phi) is 6.87. The molecule has 0 rings (SSSR count). The van der Waals surface area contributed by atoms with Crippen molar-refractivity contribution in [2.75, 3.05) is 14.2 Å². The predicted molar refractivity (Wildman–Crippen MR) is 28.7 cm³/mol. The van der Waals surface area contributed by atoms with Gasteiger partial charge < -0.3 is 0 Å². The zero-order valence-electron chi connectivity index (χ0n) is 5.04. The van der Waals surface area contributed by atoms with E-state index in [4.69, 9.17) is 0 Å². The maximum Gasteiger partial charge on any atom is 0.399 e. The Bertz CT molecular complexity index is 117. The maximum absolute atomic E-state index is 9.92. The summed E-state index contributed by atoms with van der Waals surface area (Å²) in [7, 11) is -1.60. The topological polar surface area (TPSA) is 52.6 Å². The first-order valence-electron chi connectivity index (χ1n) is 1.48. The molecule has 0 aliphatic carbocycles. The van der Waals surface area contributed by atoms with Gasteiger partial charge in [-0.3, -0.25) is 8.37 Å². The van der Waals surface area contributed by atoms with Crippen LogP contribution in [0.1, 0.15) is 0 Å². The second-order valence-corrected chi connectivity index (χ2v) is 2.22. The van der Waals surface area contributed by atoms with Crippen LogP contribution in [-0.2, 0) is 18.8 Å². The molecular formula is C2H6NaO4S. The Morgan fingerprint density at radius 2 is 1.38 bits per heavy atom. The average Bonchev–Trinajstić information content (AvgIpc) is 1.68. The summed E-state index contributed by atoms with van der Waals surface area (Å²) in [5, 5.41) is 0. The fraction of sp³-hybridized carbons (Fsp3) is 1.00. The molecule has 0 aromatic carbocycles. The molecule has 1 radical (unpaired) electrons. The third-order valence-electron chi connectivity index (χ3n) is 0.408. The van der Waals surface area contributed by atoms with Gasteiger partial charge in [0.05, 0.1) is 14.2 Å². The van der Waals surface area contributed by atoms with E-state index in [1.807, 2.05) is 0 Å². The molecule has 45 valence electrons. The second-order valence-electron chi connectivity index (χ2n) is 0.742. The van der Waals surface area contributed by atoms with Crippen molar-refractivity contribution in [3.8, 4) is 0 Å². The fourth-order valence-electron chi connectivity index (χ4n) is 0.0680. The minimum absolute atomic E-state index is 0. The second kappa shape index (κ2) is 4.72. The first-order valence-corrected chi connectivity index (χ1v) is 2.82.